The van der Waals surface area contributed by atoms with Gasteiger partial charge in [0.1, 0.15) is 5.82 Å². The molecule has 0 unspecified atom stereocenters. The fraction of sp³-hybridized carbons (Fsp3) is 0.100. The Morgan fingerprint density at radius 2 is 2.00 bits per heavy atom. The van der Waals surface area contributed by atoms with E-state index in [1.807, 2.05) is 0 Å². The number of primary amides is 1. The number of hydrogen-bond acceptors (Lipinski definition) is 1. The summed E-state index contributed by atoms with van der Waals surface area (Å²) >= 11 is 0. The third kappa shape index (κ3) is 3.02. The van der Waals surface area contributed by atoms with Gasteiger partial charge in [0.25, 0.3) is 0 Å². The highest BCUT2D eigenvalue weighted by Crippen LogP contribution is 2.12. The van der Waals surface area contributed by atoms with Crippen LogP contribution in [0, 0.1) is 29.3 Å². The van der Waals surface area contributed by atoms with Crippen LogP contribution in [0.2, 0.25) is 0 Å². The Hall–Kier alpha value is -1.96. The summed E-state index contributed by atoms with van der Waals surface area (Å²) in [6.07, 6.45) is -0.294. The Bertz CT molecular complexity index is 460. The minimum Gasteiger partial charge on any atom is -0.369 e. The van der Waals surface area contributed by atoms with Gasteiger partial charge in [-0.05, 0) is 6.07 Å². The molecule has 0 radical (unpaired) electrons. The molecule has 0 saturated carbocycles. The van der Waals surface area contributed by atoms with Gasteiger partial charge in [-0.25, -0.2) is 13.2 Å². The van der Waals surface area contributed by atoms with E-state index < -0.39 is 28.9 Å². The van der Waals surface area contributed by atoms with E-state index in [2.05, 4.69) is 11.8 Å². The molecule has 0 aliphatic heterocycles. The first-order valence-electron chi connectivity index (χ1n) is 3.92. The molecular weight excluding hydrogens is 207 g/mol. The molecule has 0 fully saturated rings. The van der Waals surface area contributed by atoms with Crippen LogP contribution in [0.25, 0.3) is 0 Å². The van der Waals surface area contributed by atoms with E-state index in [-0.39, 0.29) is 6.42 Å². The van der Waals surface area contributed by atoms with Crippen molar-refractivity contribution in [3.63, 3.8) is 0 Å². The first-order chi connectivity index (χ1) is 7.00. The van der Waals surface area contributed by atoms with Crippen molar-refractivity contribution in [2.75, 3.05) is 0 Å². The first kappa shape index (κ1) is 11.1. The summed E-state index contributed by atoms with van der Waals surface area (Å²) in [6, 6.07) is 1.15. The second-order valence-electron chi connectivity index (χ2n) is 2.69. The van der Waals surface area contributed by atoms with Gasteiger partial charge in [0.05, 0.1) is 12.0 Å². The van der Waals surface area contributed by atoms with Crippen LogP contribution in [0.15, 0.2) is 12.1 Å². The lowest BCUT2D eigenvalue weighted by atomic mass is 10.2. The van der Waals surface area contributed by atoms with E-state index in [1.54, 1.807) is 0 Å². The normalized spacial score (nSPS) is 9.27. The average molecular weight is 213 g/mol. The summed E-state index contributed by atoms with van der Waals surface area (Å²) in [5.74, 6) is 0.128. The van der Waals surface area contributed by atoms with Crippen molar-refractivity contribution < 1.29 is 18.0 Å². The van der Waals surface area contributed by atoms with Crippen LogP contribution in [-0.4, -0.2) is 5.91 Å². The molecule has 0 atom stereocenters. The molecule has 5 heteroatoms. The highest BCUT2D eigenvalue weighted by molar-refractivity contribution is 5.76. The van der Waals surface area contributed by atoms with Gasteiger partial charge < -0.3 is 5.73 Å². The lowest BCUT2D eigenvalue weighted by Gasteiger charge is -1.96. The van der Waals surface area contributed by atoms with Gasteiger partial charge in [-0.3, -0.25) is 4.79 Å². The quantitative estimate of drug-likeness (QED) is 0.555. The van der Waals surface area contributed by atoms with Crippen LogP contribution in [-0.2, 0) is 4.79 Å². The molecule has 0 heterocycles. The molecule has 78 valence electrons. The van der Waals surface area contributed by atoms with Crippen molar-refractivity contribution in [1.82, 2.24) is 0 Å². The van der Waals surface area contributed by atoms with Crippen LogP contribution >= 0.6 is 0 Å². The monoisotopic (exact) mass is 213 g/mol. The minimum absolute atomic E-state index is 0.294. The Balaban J connectivity index is 3.02. The van der Waals surface area contributed by atoms with E-state index in [1.165, 1.54) is 0 Å². The van der Waals surface area contributed by atoms with Crippen molar-refractivity contribution >= 4 is 5.91 Å². The summed E-state index contributed by atoms with van der Waals surface area (Å²) in [4.78, 5) is 10.3. The lowest BCUT2D eigenvalue weighted by Crippen LogP contribution is -2.08. The molecule has 1 rings (SSSR count). The number of benzene rings is 1. The summed E-state index contributed by atoms with van der Waals surface area (Å²) < 4.78 is 38.2. The second kappa shape index (κ2) is 4.51. The van der Waals surface area contributed by atoms with Gasteiger partial charge in [0.15, 0.2) is 11.6 Å². The summed E-state index contributed by atoms with van der Waals surface area (Å²) in [7, 11) is 0. The lowest BCUT2D eigenvalue weighted by molar-refractivity contribution is -0.117. The summed E-state index contributed by atoms with van der Waals surface area (Å²) in [5.41, 5.74) is 4.33. The van der Waals surface area contributed by atoms with E-state index in [0.29, 0.717) is 6.07 Å². The molecule has 0 saturated heterocycles. The standard InChI is InChI=1S/C10H6F3NO/c11-7-4-6(2-1-3-9(14)15)10(13)8(12)5-7/h4-5H,3H2,(H2,14,15). The van der Waals surface area contributed by atoms with E-state index in [0.717, 1.165) is 6.07 Å². The molecule has 1 aromatic rings. The first-order valence-corrected chi connectivity index (χ1v) is 3.92. The molecule has 15 heavy (non-hydrogen) atoms. The predicted octanol–water partition coefficient (Wildman–Crippen LogP) is 1.33. The van der Waals surface area contributed by atoms with E-state index >= 15 is 0 Å². The second-order valence-corrected chi connectivity index (χ2v) is 2.69. The van der Waals surface area contributed by atoms with Crippen molar-refractivity contribution in [3.05, 3.63) is 35.1 Å². The molecule has 2 N–H and O–H groups in total. The van der Waals surface area contributed by atoms with Crippen molar-refractivity contribution in [2.45, 2.75) is 6.42 Å². The zero-order valence-electron chi connectivity index (χ0n) is 7.48. The van der Waals surface area contributed by atoms with Crippen molar-refractivity contribution in [1.29, 1.82) is 0 Å². The van der Waals surface area contributed by atoms with Crippen LogP contribution < -0.4 is 5.73 Å². The largest absolute Gasteiger partial charge is 0.369 e. The maximum atomic E-state index is 12.9. The maximum absolute atomic E-state index is 12.9. The Morgan fingerprint density at radius 3 is 2.60 bits per heavy atom. The van der Waals surface area contributed by atoms with Crippen LogP contribution in [0.5, 0.6) is 0 Å². The maximum Gasteiger partial charge on any atom is 0.229 e. The molecule has 2 nitrogen and oxygen atoms in total. The Labute approximate surface area is 83.9 Å². The molecule has 0 bridgehead atoms. The summed E-state index contributed by atoms with van der Waals surface area (Å²) in [6.45, 7) is 0. The number of rotatable bonds is 1. The zero-order valence-corrected chi connectivity index (χ0v) is 7.48. The van der Waals surface area contributed by atoms with Crippen LogP contribution in [0.4, 0.5) is 13.2 Å². The molecule has 0 aliphatic rings. The molecule has 1 aromatic carbocycles. The minimum atomic E-state index is -1.32. The van der Waals surface area contributed by atoms with E-state index in [4.69, 9.17) is 5.73 Å². The Morgan fingerprint density at radius 1 is 1.33 bits per heavy atom. The van der Waals surface area contributed by atoms with Gasteiger partial charge in [0, 0.05) is 6.07 Å². The third-order valence-corrected chi connectivity index (χ3v) is 1.48. The van der Waals surface area contributed by atoms with Crippen molar-refractivity contribution in [3.8, 4) is 11.8 Å². The molecule has 1 amide bonds. The number of halogens is 3. The van der Waals surface area contributed by atoms with Crippen LogP contribution in [0.1, 0.15) is 12.0 Å². The highest BCUT2D eigenvalue weighted by atomic mass is 19.2. The van der Waals surface area contributed by atoms with Gasteiger partial charge in [0.2, 0.25) is 5.91 Å². The predicted molar refractivity (Wildman–Crippen MR) is 47.0 cm³/mol. The third-order valence-electron chi connectivity index (χ3n) is 1.48. The SMILES string of the molecule is NC(=O)CC#Cc1cc(F)cc(F)c1F. The number of hydrogen-bond donors (Lipinski definition) is 1. The fourth-order valence-electron chi connectivity index (χ4n) is 0.873. The summed E-state index contributed by atoms with van der Waals surface area (Å²) in [5, 5.41) is 0. The average Bonchev–Trinajstić information content (AvgIpc) is 2.12. The number of carbonyl (C=O) groups is 1. The molecule has 0 aliphatic carbocycles. The highest BCUT2D eigenvalue weighted by Gasteiger charge is 2.08. The number of carbonyl (C=O) groups excluding carboxylic acids is 1. The van der Waals surface area contributed by atoms with E-state index in [9.17, 15) is 18.0 Å². The van der Waals surface area contributed by atoms with Gasteiger partial charge >= 0.3 is 0 Å². The number of nitrogens with two attached hydrogens (primary N) is 1. The fourth-order valence-corrected chi connectivity index (χ4v) is 0.873. The molecule has 0 aromatic heterocycles. The Kier molecular flexibility index (Phi) is 3.34. The van der Waals surface area contributed by atoms with Gasteiger partial charge in [-0.2, -0.15) is 0 Å². The van der Waals surface area contributed by atoms with Crippen LogP contribution in [0.3, 0.4) is 0 Å². The number of amides is 1. The molecular formula is C10H6F3NO. The van der Waals surface area contributed by atoms with Crippen molar-refractivity contribution in [2.24, 2.45) is 5.73 Å². The van der Waals surface area contributed by atoms with Gasteiger partial charge in [-0.15, -0.1) is 0 Å². The smallest absolute Gasteiger partial charge is 0.229 e. The van der Waals surface area contributed by atoms with Gasteiger partial charge in [-0.1, -0.05) is 11.8 Å². The zero-order chi connectivity index (χ0) is 11.4. The molecule has 0 spiro atoms. The topological polar surface area (TPSA) is 43.1 Å².